The molecule has 3 aromatic rings. The molecule has 0 fully saturated rings. The van der Waals surface area contributed by atoms with Crippen molar-refractivity contribution in [3.05, 3.63) is 77.0 Å². The summed E-state index contributed by atoms with van der Waals surface area (Å²) in [5, 5.41) is 0. The molecule has 4 rings (SSSR count). The highest BCUT2D eigenvalue weighted by atomic mass is 15.3. The SMILES string of the molecule is CCN(c1cccc(C)c1)c1nc(C)cc(N2CCc3ccccc3C2)n1. The predicted octanol–water partition coefficient (Wildman–Crippen LogP) is 4.81. The summed E-state index contributed by atoms with van der Waals surface area (Å²) in [6, 6.07) is 19.3. The topological polar surface area (TPSA) is 32.3 Å². The molecule has 27 heavy (non-hydrogen) atoms. The minimum absolute atomic E-state index is 0.775. The van der Waals surface area contributed by atoms with Gasteiger partial charge in [-0.25, -0.2) is 4.98 Å². The van der Waals surface area contributed by atoms with Crippen LogP contribution < -0.4 is 9.80 Å². The van der Waals surface area contributed by atoms with E-state index in [1.165, 1.54) is 16.7 Å². The third-order valence-electron chi connectivity index (χ3n) is 5.15. The number of benzene rings is 2. The Balaban J connectivity index is 1.67. The van der Waals surface area contributed by atoms with Crippen LogP contribution in [-0.4, -0.2) is 23.1 Å². The van der Waals surface area contributed by atoms with Gasteiger partial charge < -0.3 is 9.80 Å². The van der Waals surface area contributed by atoms with Gasteiger partial charge in [0.15, 0.2) is 0 Å². The lowest BCUT2D eigenvalue weighted by atomic mass is 10.00. The van der Waals surface area contributed by atoms with Crippen molar-refractivity contribution in [3.8, 4) is 0 Å². The van der Waals surface area contributed by atoms with E-state index in [0.717, 1.165) is 49.2 Å². The molecule has 4 heteroatoms. The van der Waals surface area contributed by atoms with Crippen LogP contribution in [0, 0.1) is 13.8 Å². The minimum Gasteiger partial charge on any atom is -0.352 e. The Morgan fingerprint density at radius 2 is 1.78 bits per heavy atom. The van der Waals surface area contributed by atoms with Crippen molar-refractivity contribution in [1.29, 1.82) is 0 Å². The van der Waals surface area contributed by atoms with Crippen LogP contribution in [0.5, 0.6) is 0 Å². The van der Waals surface area contributed by atoms with E-state index in [1.807, 2.05) is 0 Å². The predicted molar refractivity (Wildman–Crippen MR) is 112 cm³/mol. The molecule has 2 heterocycles. The van der Waals surface area contributed by atoms with Gasteiger partial charge in [-0.3, -0.25) is 0 Å². The molecule has 0 saturated heterocycles. The molecule has 1 aliphatic heterocycles. The molecule has 4 nitrogen and oxygen atoms in total. The highest BCUT2D eigenvalue weighted by molar-refractivity contribution is 5.60. The number of hydrogen-bond acceptors (Lipinski definition) is 4. The fourth-order valence-electron chi connectivity index (χ4n) is 3.75. The van der Waals surface area contributed by atoms with E-state index in [0.29, 0.717) is 0 Å². The first kappa shape index (κ1) is 17.5. The van der Waals surface area contributed by atoms with Crippen molar-refractivity contribution >= 4 is 17.5 Å². The number of hydrogen-bond donors (Lipinski definition) is 0. The molecule has 0 aliphatic carbocycles. The maximum Gasteiger partial charge on any atom is 0.232 e. The Labute approximate surface area is 161 Å². The van der Waals surface area contributed by atoms with E-state index < -0.39 is 0 Å². The Morgan fingerprint density at radius 1 is 0.963 bits per heavy atom. The van der Waals surface area contributed by atoms with Gasteiger partial charge in [-0.2, -0.15) is 4.98 Å². The summed E-state index contributed by atoms with van der Waals surface area (Å²) in [7, 11) is 0. The zero-order valence-electron chi connectivity index (χ0n) is 16.3. The lowest BCUT2D eigenvalue weighted by molar-refractivity contribution is 0.717. The number of aromatic nitrogens is 2. The molecule has 138 valence electrons. The number of nitrogens with zero attached hydrogens (tertiary/aromatic N) is 4. The molecule has 0 unspecified atom stereocenters. The zero-order chi connectivity index (χ0) is 18.8. The Hall–Kier alpha value is -2.88. The van der Waals surface area contributed by atoms with Gasteiger partial charge in [0.05, 0.1) is 0 Å². The summed E-state index contributed by atoms with van der Waals surface area (Å²) >= 11 is 0. The Morgan fingerprint density at radius 3 is 2.56 bits per heavy atom. The van der Waals surface area contributed by atoms with Crippen LogP contribution in [0.25, 0.3) is 0 Å². The highest BCUT2D eigenvalue weighted by Gasteiger charge is 2.19. The summed E-state index contributed by atoms with van der Waals surface area (Å²) in [5.41, 5.74) is 6.23. The molecule has 1 aliphatic rings. The van der Waals surface area contributed by atoms with Crippen molar-refractivity contribution < 1.29 is 0 Å². The molecule has 0 spiro atoms. The standard InChI is InChI=1S/C23H26N4/c1-4-27(21-11-7-8-17(2)14-21)23-24-18(3)15-22(25-23)26-13-12-19-9-5-6-10-20(19)16-26/h5-11,14-15H,4,12-13,16H2,1-3H3. The number of rotatable bonds is 4. The van der Waals surface area contributed by atoms with Crippen LogP contribution in [0.2, 0.25) is 0 Å². The monoisotopic (exact) mass is 358 g/mol. The van der Waals surface area contributed by atoms with E-state index in [-0.39, 0.29) is 0 Å². The van der Waals surface area contributed by atoms with E-state index in [9.17, 15) is 0 Å². The van der Waals surface area contributed by atoms with Gasteiger partial charge in [-0.15, -0.1) is 0 Å². The van der Waals surface area contributed by atoms with Crippen LogP contribution in [0.3, 0.4) is 0 Å². The third kappa shape index (κ3) is 3.65. The van der Waals surface area contributed by atoms with Crippen molar-refractivity contribution in [2.75, 3.05) is 22.9 Å². The molecular weight excluding hydrogens is 332 g/mol. The van der Waals surface area contributed by atoms with E-state index in [1.54, 1.807) is 0 Å². The largest absolute Gasteiger partial charge is 0.352 e. The molecule has 0 saturated carbocycles. The third-order valence-corrected chi connectivity index (χ3v) is 5.15. The van der Waals surface area contributed by atoms with Gasteiger partial charge in [-0.1, -0.05) is 36.4 Å². The summed E-state index contributed by atoms with van der Waals surface area (Å²) in [6.07, 6.45) is 1.06. The summed E-state index contributed by atoms with van der Waals surface area (Å²) < 4.78 is 0. The molecule has 2 aromatic carbocycles. The second kappa shape index (κ2) is 7.39. The van der Waals surface area contributed by atoms with Gasteiger partial charge in [-0.05, 0) is 56.0 Å². The normalized spacial score (nSPS) is 13.4. The molecular formula is C23H26N4. The lowest BCUT2D eigenvalue weighted by Gasteiger charge is -2.31. The Bertz CT molecular complexity index is 951. The minimum atomic E-state index is 0.775. The van der Waals surface area contributed by atoms with Crippen molar-refractivity contribution in [3.63, 3.8) is 0 Å². The number of anilines is 3. The van der Waals surface area contributed by atoms with Gasteiger partial charge in [0.2, 0.25) is 5.95 Å². The molecule has 0 N–H and O–H groups in total. The first-order valence-corrected chi connectivity index (χ1v) is 9.65. The van der Waals surface area contributed by atoms with Crippen LogP contribution in [0.15, 0.2) is 54.6 Å². The van der Waals surface area contributed by atoms with Crippen LogP contribution in [0.4, 0.5) is 17.5 Å². The van der Waals surface area contributed by atoms with Crippen LogP contribution in [0.1, 0.15) is 29.3 Å². The average Bonchev–Trinajstić information content (AvgIpc) is 2.68. The number of aryl methyl sites for hydroxylation is 2. The summed E-state index contributed by atoms with van der Waals surface area (Å²) in [4.78, 5) is 14.2. The fraction of sp³-hybridized carbons (Fsp3) is 0.304. The van der Waals surface area contributed by atoms with E-state index in [4.69, 9.17) is 9.97 Å². The lowest BCUT2D eigenvalue weighted by Crippen LogP contribution is -2.31. The van der Waals surface area contributed by atoms with Gasteiger partial charge in [0, 0.05) is 37.1 Å². The average molecular weight is 358 g/mol. The Kier molecular flexibility index (Phi) is 4.80. The second-order valence-electron chi connectivity index (χ2n) is 7.19. The summed E-state index contributed by atoms with van der Waals surface area (Å²) in [5.74, 6) is 1.79. The van der Waals surface area contributed by atoms with Crippen LogP contribution in [-0.2, 0) is 13.0 Å². The van der Waals surface area contributed by atoms with Crippen molar-refractivity contribution in [2.45, 2.75) is 33.7 Å². The second-order valence-corrected chi connectivity index (χ2v) is 7.19. The van der Waals surface area contributed by atoms with Gasteiger partial charge in [0.1, 0.15) is 5.82 Å². The molecule has 0 radical (unpaired) electrons. The summed E-state index contributed by atoms with van der Waals surface area (Å²) in [6.45, 7) is 9.04. The van der Waals surface area contributed by atoms with Crippen molar-refractivity contribution in [2.24, 2.45) is 0 Å². The maximum atomic E-state index is 4.95. The van der Waals surface area contributed by atoms with E-state index >= 15 is 0 Å². The van der Waals surface area contributed by atoms with E-state index in [2.05, 4.69) is 85.2 Å². The molecule has 0 bridgehead atoms. The van der Waals surface area contributed by atoms with Gasteiger partial charge >= 0.3 is 0 Å². The maximum absolute atomic E-state index is 4.95. The molecule has 0 atom stereocenters. The first-order valence-electron chi connectivity index (χ1n) is 9.65. The molecule has 1 aromatic heterocycles. The molecule has 0 amide bonds. The quantitative estimate of drug-likeness (QED) is 0.670. The van der Waals surface area contributed by atoms with Gasteiger partial charge in [0.25, 0.3) is 0 Å². The first-order chi connectivity index (χ1) is 13.1. The smallest absolute Gasteiger partial charge is 0.232 e. The van der Waals surface area contributed by atoms with Crippen molar-refractivity contribution in [1.82, 2.24) is 9.97 Å². The van der Waals surface area contributed by atoms with Crippen LogP contribution >= 0.6 is 0 Å². The zero-order valence-corrected chi connectivity index (χ0v) is 16.3. The number of fused-ring (bicyclic) bond motifs is 1. The highest BCUT2D eigenvalue weighted by Crippen LogP contribution is 2.28. The fourth-order valence-corrected chi connectivity index (χ4v) is 3.75.